The molecule has 9 nitrogen and oxygen atoms in total. The van der Waals surface area contributed by atoms with Gasteiger partial charge in [-0.1, -0.05) is 44.0 Å². The number of hydrazone groups is 1. The molecule has 0 saturated heterocycles. The number of rotatable bonds is 11. The van der Waals surface area contributed by atoms with Gasteiger partial charge < -0.3 is 20.5 Å². The second-order valence-electron chi connectivity index (χ2n) is 5.86. The van der Waals surface area contributed by atoms with Crippen LogP contribution in [0.4, 0.5) is 5.69 Å². The molecule has 4 N–H and O–H groups in total. The Morgan fingerprint density at radius 2 is 1.69 bits per heavy atom. The summed E-state index contributed by atoms with van der Waals surface area (Å²) in [4.78, 5) is 33.8. The standard InChI is InChI=1S/C18H24Br2N4O5/c1-11(23-24-12(2)26)13-3-5-14(6-4-13)22-18(28)16(20)15(19)17(27)21-7-9-29-10-8-25/h3-6,15-16,25H,7-10H2,1-2H3,(H,21,27)(H,22,28)(H,24,26)/b23-11+. The van der Waals surface area contributed by atoms with Crippen molar-refractivity contribution < 1.29 is 24.2 Å². The van der Waals surface area contributed by atoms with Crippen molar-refractivity contribution >= 4 is 61.0 Å². The molecule has 0 aliphatic rings. The van der Waals surface area contributed by atoms with E-state index in [0.717, 1.165) is 5.56 Å². The zero-order valence-corrected chi connectivity index (χ0v) is 19.2. The van der Waals surface area contributed by atoms with Gasteiger partial charge in [-0.25, -0.2) is 5.43 Å². The highest BCUT2D eigenvalue weighted by Gasteiger charge is 2.29. The average Bonchev–Trinajstić information content (AvgIpc) is 2.70. The molecule has 3 amide bonds. The zero-order chi connectivity index (χ0) is 21.8. The van der Waals surface area contributed by atoms with Gasteiger partial charge in [0, 0.05) is 19.2 Å². The highest BCUT2D eigenvalue weighted by atomic mass is 79.9. The van der Waals surface area contributed by atoms with E-state index in [-0.39, 0.29) is 38.2 Å². The van der Waals surface area contributed by atoms with Crippen molar-refractivity contribution in [3.63, 3.8) is 0 Å². The van der Waals surface area contributed by atoms with Crippen LogP contribution in [-0.2, 0) is 19.1 Å². The number of benzene rings is 1. The summed E-state index contributed by atoms with van der Waals surface area (Å²) in [5, 5.41) is 17.9. The van der Waals surface area contributed by atoms with Gasteiger partial charge in [0.1, 0.15) is 9.65 Å². The van der Waals surface area contributed by atoms with Gasteiger partial charge in [-0.05, 0) is 24.6 Å². The normalized spacial score (nSPS) is 13.3. The van der Waals surface area contributed by atoms with Crippen LogP contribution in [0.5, 0.6) is 0 Å². The monoisotopic (exact) mass is 534 g/mol. The number of aliphatic hydroxyl groups excluding tert-OH is 1. The summed E-state index contributed by atoms with van der Waals surface area (Å²) in [6.45, 7) is 3.77. The minimum atomic E-state index is -0.802. The number of nitrogens with one attached hydrogen (secondary N) is 3. The van der Waals surface area contributed by atoms with Crippen LogP contribution in [0.2, 0.25) is 0 Å². The quantitative estimate of drug-likeness (QED) is 0.146. The third-order valence-corrected chi connectivity index (χ3v) is 6.09. The maximum Gasteiger partial charge on any atom is 0.239 e. The number of ether oxygens (including phenoxy) is 1. The Kier molecular flexibility index (Phi) is 11.7. The first kappa shape index (κ1) is 25.2. The summed E-state index contributed by atoms with van der Waals surface area (Å²) < 4.78 is 5.05. The molecule has 2 atom stereocenters. The van der Waals surface area contributed by atoms with Crippen LogP contribution < -0.4 is 16.1 Å². The maximum atomic E-state index is 12.4. The van der Waals surface area contributed by atoms with Crippen LogP contribution in [0.25, 0.3) is 0 Å². The van der Waals surface area contributed by atoms with Crippen molar-refractivity contribution in [1.29, 1.82) is 0 Å². The second-order valence-corrected chi connectivity index (χ2v) is 7.84. The lowest BCUT2D eigenvalue weighted by atomic mass is 10.1. The fourth-order valence-electron chi connectivity index (χ4n) is 2.01. The summed E-state index contributed by atoms with van der Waals surface area (Å²) in [5.41, 5.74) is 4.32. The van der Waals surface area contributed by atoms with Gasteiger partial charge in [-0.2, -0.15) is 5.10 Å². The molecule has 0 aliphatic carbocycles. The summed E-state index contributed by atoms with van der Waals surface area (Å²) in [6.07, 6.45) is 0. The Hall–Kier alpha value is -1.82. The Morgan fingerprint density at radius 3 is 2.28 bits per heavy atom. The predicted molar refractivity (Wildman–Crippen MR) is 117 cm³/mol. The first-order valence-corrected chi connectivity index (χ1v) is 10.6. The van der Waals surface area contributed by atoms with E-state index in [1.807, 2.05) is 0 Å². The number of hydrogen-bond acceptors (Lipinski definition) is 6. The Labute approximate surface area is 185 Å². The maximum absolute atomic E-state index is 12.4. The van der Waals surface area contributed by atoms with Crippen LogP contribution in [0.3, 0.4) is 0 Å². The first-order chi connectivity index (χ1) is 13.8. The first-order valence-electron chi connectivity index (χ1n) is 8.73. The van der Waals surface area contributed by atoms with Crippen molar-refractivity contribution in [2.24, 2.45) is 5.10 Å². The zero-order valence-electron chi connectivity index (χ0n) is 16.1. The van der Waals surface area contributed by atoms with Crippen LogP contribution in [-0.4, -0.2) is 64.6 Å². The summed E-state index contributed by atoms with van der Waals surface area (Å²) in [6, 6.07) is 6.90. The summed E-state index contributed by atoms with van der Waals surface area (Å²) in [7, 11) is 0. The third-order valence-electron chi connectivity index (χ3n) is 3.49. The molecule has 0 saturated carbocycles. The topological polar surface area (TPSA) is 129 Å². The lowest BCUT2D eigenvalue weighted by Crippen LogP contribution is -2.42. The van der Waals surface area contributed by atoms with Crippen molar-refractivity contribution in [3.05, 3.63) is 29.8 Å². The lowest BCUT2D eigenvalue weighted by molar-refractivity contribution is -0.123. The van der Waals surface area contributed by atoms with Gasteiger partial charge in [0.15, 0.2) is 0 Å². The van der Waals surface area contributed by atoms with E-state index in [1.165, 1.54) is 6.92 Å². The van der Waals surface area contributed by atoms with Gasteiger partial charge in [0.25, 0.3) is 0 Å². The van der Waals surface area contributed by atoms with E-state index in [4.69, 9.17) is 9.84 Å². The molecule has 0 bridgehead atoms. The molecule has 2 unspecified atom stereocenters. The Balaban J connectivity index is 2.56. The van der Waals surface area contributed by atoms with E-state index in [9.17, 15) is 14.4 Å². The Morgan fingerprint density at radius 1 is 1.07 bits per heavy atom. The largest absolute Gasteiger partial charge is 0.394 e. The Bertz CT molecular complexity index is 727. The molecule has 0 fully saturated rings. The number of hydrogen-bond donors (Lipinski definition) is 4. The molecule has 1 aromatic carbocycles. The number of anilines is 1. The van der Waals surface area contributed by atoms with Crippen molar-refractivity contribution in [2.45, 2.75) is 23.5 Å². The number of amides is 3. The van der Waals surface area contributed by atoms with Gasteiger partial charge in [0.05, 0.1) is 25.5 Å². The minimum absolute atomic E-state index is 0.0820. The van der Waals surface area contributed by atoms with Gasteiger partial charge in [-0.3, -0.25) is 14.4 Å². The molecule has 0 spiro atoms. The number of carbonyl (C=O) groups is 3. The minimum Gasteiger partial charge on any atom is -0.394 e. The van der Waals surface area contributed by atoms with Crippen molar-refractivity contribution in [3.8, 4) is 0 Å². The molecule has 0 radical (unpaired) electrons. The molecule has 0 aromatic heterocycles. The van der Waals surface area contributed by atoms with E-state index < -0.39 is 15.6 Å². The van der Waals surface area contributed by atoms with Crippen LogP contribution in [0, 0.1) is 0 Å². The van der Waals surface area contributed by atoms with Gasteiger partial charge >= 0.3 is 0 Å². The predicted octanol–water partition coefficient (Wildman–Crippen LogP) is 1.14. The molecule has 29 heavy (non-hydrogen) atoms. The van der Waals surface area contributed by atoms with Crippen molar-refractivity contribution in [2.75, 3.05) is 31.7 Å². The number of alkyl halides is 2. The molecule has 1 rings (SSSR count). The lowest BCUT2D eigenvalue weighted by Gasteiger charge is -2.16. The van der Waals surface area contributed by atoms with Crippen LogP contribution >= 0.6 is 31.9 Å². The molecule has 1 aromatic rings. The molecule has 0 aliphatic heterocycles. The average molecular weight is 536 g/mol. The third kappa shape index (κ3) is 9.48. The molecular weight excluding hydrogens is 512 g/mol. The van der Waals surface area contributed by atoms with E-state index in [1.54, 1.807) is 31.2 Å². The molecular formula is C18H24Br2N4O5. The smallest absolute Gasteiger partial charge is 0.239 e. The number of nitrogens with zero attached hydrogens (tertiary/aromatic N) is 1. The number of aliphatic hydroxyl groups is 1. The molecule has 0 heterocycles. The second kappa shape index (κ2) is 13.4. The number of carbonyl (C=O) groups excluding carboxylic acids is 3. The highest BCUT2D eigenvalue weighted by molar-refractivity contribution is 9.12. The van der Waals surface area contributed by atoms with Crippen LogP contribution in [0.1, 0.15) is 19.4 Å². The SMILES string of the molecule is CC(=O)N/N=C(\C)c1ccc(NC(=O)C(Br)C(Br)C(=O)NCCOCCO)cc1. The fourth-order valence-corrected chi connectivity index (χ4v) is 2.77. The summed E-state index contributed by atoms with van der Waals surface area (Å²) >= 11 is 6.44. The van der Waals surface area contributed by atoms with E-state index in [0.29, 0.717) is 11.4 Å². The fraction of sp³-hybridized carbons (Fsp3) is 0.444. The van der Waals surface area contributed by atoms with Gasteiger partial charge in [0.2, 0.25) is 17.7 Å². The number of halogens is 2. The molecule has 160 valence electrons. The van der Waals surface area contributed by atoms with E-state index >= 15 is 0 Å². The van der Waals surface area contributed by atoms with Crippen molar-refractivity contribution in [1.82, 2.24) is 10.7 Å². The van der Waals surface area contributed by atoms with Gasteiger partial charge in [-0.15, -0.1) is 0 Å². The molecule has 11 heteroatoms. The van der Waals surface area contributed by atoms with E-state index in [2.05, 4.69) is 53.0 Å². The highest BCUT2D eigenvalue weighted by Crippen LogP contribution is 2.18. The summed E-state index contributed by atoms with van der Waals surface area (Å²) in [5.74, 6) is -1.02. The van der Waals surface area contributed by atoms with Crippen LogP contribution in [0.15, 0.2) is 29.4 Å².